The lowest BCUT2D eigenvalue weighted by Gasteiger charge is -2.47. The van der Waals surface area contributed by atoms with E-state index in [1.807, 2.05) is 6.07 Å². The minimum absolute atomic E-state index is 0.177. The maximum atomic E-state index is 10.7. The number of ether oxygens (including phenoxy) is 1. The summed E-state index contributed by atoms with van der Waals surface area (Å²) in [6.07, 6.45) is 9.06. The van der Waals surface area contributed by atoms with Crippen LogP contribution in [0, 0.1) is 5.92 Å². The average Bonchev–Trinajstić information content (AvgIpc) is 2.46. The van der Waals surface area contributed by atoms with Gasteiger partial charge in [-0.15, -0.1) is 0 Å². The molecule has 0 saturated heterocycles. The quantitative estimate of drug-likeness (QED) is 0.567. The molecule has 2 heteroatoms. The highest BCUT2D eigenvalue weighted by Gasteiger charge is 2.45. The van der Waals surface area contributed by atoms with Gasteiger partial charge in [-0.25, -0.2) is 0 Å². The average molecular weight is 314 g/mol. The van der Waals surface area contributed by atoms with Crippen LogP contribution in [-0.2, 0) is 6.42 Å². The Labute approximate surface area is 140 Å². The van der Waals surface area contributed by atoms with Gasteiger partial charge < -0.3 is 9.84 Å². The number of benzene rings is 1. The van der Waals surface area contributed by atoms with E-state index in [1.54, 1.807) is 0 Å². The molecule has 1 N–H and O–H groups in total. The second-order valence-corrected chi connectivity index (χ2v) is 7.89. The fraction of sp³-hybridized carbons (Fsp3) is 0.619. The Morgan fingerprint density at radius 2 is 2.04 bits per heavy atom. The summed E-state index contributed by atoms with van der Waals surface area (Å²) in [5.74, 6) is 2.17. The van der Waals surface area contributed by atoms with E-state index in [2.05, 4.69) is 39.8 Å². The second-order valence-electron chi connectivity index (χ2n) is 7.89. The van der Waals surface area contributed by atoms with Crippen molar-refractivity contribution in [2.24, 2.45) is 5.92 Å². The SMILES string of the molecule is CCCCCc1cc(O)c2c(c1)OC(C)(C)[C@@H]1CC=C(C)C[C@H]21. The molecule has 3 rings (SSSR count). The lowest BCUT2D eigenvalue weighted by atomic mass is 9.67. The van der Waals surface area contributed by atoms with E-state index in [9.17, 15) is 5.11 Å². The third-order valence-electron chi connectivity index (χ3n) is 5.63. The number of phenolic OH excluding ortho intramolecular Hbond substituents is 1. The minimum atomic E-state index is -0.177. The number of hydrogen-bond donors (Lipinski definition) is 1. The summed E-state index contributed by atoms with van der Waals surface area (Å²) in [6, 6.07) is 4.15. The van der Waals surface area contributed by atoms with E-state index in [0.717, 1.165) is 30.6 Å². The monoisotopic (exact) mass is 314 g/mol. The maximum absolute atomic E-state index is 10.7. The van der Waals surface area contributed by atoms with Crippen LogP contribution in [0.25, 0.3) is 0 Å². The molecule has 0 aromatic heterocycles. The fourth-order valence-electron chi connectivity index (χ4n) is 4.34. The molecule has 2 aliphatic rings. The van der Waals surface area contributed by atoms with Gasteiger partial charge >= 0.3 is 0 Å². The van der Waals surface area contributed by atoms with E-state index in [0.29, 0.717) is 17.6 Å². The molecule has 1 heterocycles. The summed E-state index contributed by atoms with van der Waals surface area (Å²) >= 11 is 0. The number of allylic oxidation sites excluding steroid dienone is 2. The normalized spacial score (nSPS) is 25.1. The van der Waals surface area contributed by atoms with Gasteiger partial charge in [-0.2, -0.15) is 0 Å². The maximum Gasteiger partial charge on any atom is 0.127 e. The summed E-state index contributed by atoms with van der Waals surface area (Å²) in [5, 5.41) is 10.7. The first-order chi connectivity index (χ1) is 10.9. The molecular weight excluding hydrogens is 284 g/mol. The van der Waals surface area contributed by atoms with Gasteiger partial charge in [-0.05, 0) is 64.2 Å². The van der Waals surface area contributed by atoms with Crippen LogP contribution >= 0.6 is 0 Å². The molecule has 126 valence electrons. The molecule has 0 amide bonds. The van der Waals surface area contributed by atoms with E-state index in [-0.39, 0.29) is 5.60 Å². The van der Waals surface area contributed by atoms with Crippen LogP contribution in [0.3, 0.4) is 0 Å². The van der Waals surface area contributed by atoms with Gasteiger partial charge in [0.1, 0.15) is 17.1 Å². The highest BCUT2D eigenvalue weighted by atomic mass is 16.5. The fourth-order valence-corrected chi connectivity index (χ4v) is 4.34. The first kappa shape index (κ1) is 16.4. The van der Waals surface area contributed by atoms with Crippen molar-refractivity contribution < 1.29 is 9.84 Å². The zero-order valence-corrected chi connectivity index (χ0v) is 15.0. The highest BCUT2D eigenvalue weighted by Crippen LogP contribution is 2.54. The van der Waals surface area contributed by atoms with Gasteiger partial charge in [-0.3, -0.25) is 0 Å². The molecule has 2 nitrogen and oxygen atoms in total. The molecule has 0 radical (unpaired) electrons. The molecular formula is C21H30O2. The molecule has 23 heavy (non-hydrogen) atoms. The van der Waals surface area contributed by atoms with Crippen molar-refractivity contribution in [2.45, 2.75) is 77.7 Å². The van der Waals surface area contributed by atoms with E-state index in [4.69, 9.17) is 4.74 Å². The van der Waals surface area contributed by atoms with Crippen molar-refractivity contribution in [1.29, 1.82) is 0 Å². The van der Waals surface area contributed by atoms with Crippen molar-refractivity contribution in [2.75, 3.05) is 0 Å². The number of aryl methyl sites for hydroxylation is 1. The molecule has 1 aliphatic heterocycles. The Balaban J connectivity index is 1.96. The zero-order chi connectivity index (χ0) is 16.6. The van der Waals surface area contributed by atoms with Gasteiger partial charge in [0.25, 0.3) is 0 Å². The van der Waals surface area contributed by atoms with Crippen molar-refractivity contribution in [1.82, 2.24) is 0 Å². The lowest BCUT2D eigenvalue weighted by molar-refractivity contribution is 0.00753. The lowest BCUT2D eigenvalue weighted by Crippen LogP contribution is -2.45. The number of phenols is 1. The van der Waals surface area contributed by atoms with Crippen LogP contribution in [0.1, 0.15) is 76.8 Å². The van der Waals surface area contributed by atoms with Crippen LogP contribution in [0.4, 0.5) is 0 Å². The molecule has 0 saturated carbocycles. The number of rotatable bonds is 4. The summed E-state index contributed by atoms with van der Waals surface area (Å²) in [7, 11) is 0. The zero-order valence-electron chi connectivity index (χ0n) is 15.0. The standard InChI is InChI=1S/C21H30O2/c1-5-6-7-8-15-12-18(22)20-16-11-14(2)9-10-17(16)21(3,4)23-19(20)13-15/h9,12-13,16-17,22H,5-8,10-11H2,1-4H3/t16-,17+/m0/s1. The smallest absolute Gasteiger partial charge is 0.127 e. The Hall–Kier alpha value is -1.44. The van der Waals surface area contributed by atoms with E-state index in [1.165, 1.54) is 30.4 Å². The molecule has 1 aromatic carbocycles. The van der Waals surface area contributed by atoms with Crippen LogP contribution in [0.15, 0.2) is 23.8 Å². The molecule has 0 fully saturated rings. The van der Waals surface area contributed by atoms with Crippen LogP contribution in [0.2, 0.25) is 0 Å². The first-order valence-corrected chi connectivity index (χ1v) is 9.12. The molecule has 0 bridgehead atoms. The van der Waals surface area contributed by atoms with Gasteiger partial charge in [0.2, 0.25) is 0 Å². The van der Waals surface area contributed by atoms with E-state index < -0.39 is 0 Å². The van der Waals surface area contributed by atoms with Crippen molar-refractivity contribution in [3.05, 3.63) is 34.9 Å². The number of hydrogen-bond acceptors (Lipinski definition) is 2. The van der Waals surface area contributed by atoms with Gasteiger partial charge in [-0.1, -0.05) is 31.4 Å². The number of unbranched alkanes of at least 4 members (excludes halogenated alkanes) is 2. The van der Waals surface area contributed by atoms with Crippen molar-refractivity contribution in [3.8, 4) is 11.5 Å². The minimum Gasteiger partial charge on any atom is -0.508 e. The summed E-state index contributed by atoms with van der Waals surface area (Å²) < 4.78 is 6.36. The third-order valence-corrected chi connectivity index (χ3v) is 5.63. The van der Waals surface area contributed by atoms with Crippen LogP contribution in [-0.4, -0.2) is 10.7 Å². The van der Waals surface area contributed by atoms with Crippen molar-refractivity contribution >= 4 is 0 Å². The molecule has 0 unspecified atom stereocenters. The summed E-state index contributed by atoms with van der Waals surface area (Å²) in [4.78, 5) is 0. The Morgan fingerprint density at radius 1 is 1.26 bits per heavy atom. The molecule has 0 spiro atoms. The third kappa shape index (κ3) is 3.13. The van der Waals surface area contributed by atoms with Gasteiger partial charge in [0.15, 0.2) is 0 Å². The predicted octanol–water partition coefficient (Wildman–Crippen LogP) is 5.74. The molecule has 2 atom stereocenters. The van der Waals surface area contributed by atoms with E-state index >= 15 is 0 Å². The first-order valence-electron chi connectivity index (χ1n) is 9.12. The van der Waals surface area contributed by atoms with Crippen molar-refractivity contribution in [3.63, 3.8) is 0 Å². The molecule has 1 aromatic rings. The Bertz CT molecular complexity index is 613. The summed E-state index contributed by atoms with van der Waals surface area (Å²) in [5.41, 5.74) is 3.50. The van der Waals surface area contributed by atoms with Crippen LogP contribution in [0.5, 0.6) is 11.5 Å². The topological polar surface area (TPSA) is 29.5 Å². The Morgan fingerprint density at radius 3 is 2.78 bits per heavy atom. The second kappa shape index (κ2) is 6.22. The molecule has 1 aliphatic carbocycles. The Kier molecular flexibility index (Phi) is 4.44. The van der Waals surface area contributed by atoms with Crippen LogP contribution < -0.4 is 4.74 Å². The number of fused-ring (bicyclic) bond motifs is 3. The number of aromatic hydroxyl groups is 1. The summed E-state index contributed by atoms with van der Waals surface area (Å²) in [6.45, 7) is 8.81. The predicted molar refractivity (Wildman–Crippen MR) is 95.3 cm³/mol. The largest absolute Gasteiger partial charge is 0.508 e. The van der Waals surface area contributed by atoms with Gasteiger partial charge in [0, 0.05) is 17.4 Å². The van der Waals surface area contributed by atoms with Gasteiger partial charge in [0.05, 0.1) is 0 Å². The highest BCUT2D eigenvalue weighted by molar-refractivity contribution is 5.52.